The molecule has 2 unspecified atom stereocenters. The quantitative estimate of drug-likeness (QED) is 0.0763. The minimum atomic E-state index is -0.590. The van der Waals surface area contributed by atoms with Gasteiger partial charge in [0.25, 0.3) is 0 Å². The van der Waals surface area contributed by atoms with Crippen LogP contribution in [0.1, 0.15) is 33.4 Å². The summed E-state index contributed by atoms with van der Waals surface area (Å²) >= 11 is 5.59. The van der Waals surface area contributed by atoms with Crippen LogP contribution in [0, 0.1) is 0 Å². The first-order chi connectivity index (χ1) is 21.3. The number of β-amino-alcohol motifs (C(OH)–C–C–N with tert-alkyl or cyclic N) is 2. The van der Waals surface area contributed by atoms with E-state index in [9.17, 15) is 10.2 Å². The lowest BCUT2D eigenvalue weighted by molar-refractivity contribution is 0.105. The average molecular weight is 698 g/mol. The third kappa shape index (κ3) is 10.9. The molecule has 2 atom stereocenters. The summed E-state index contributed by atoms with van der Waals surface area (Å²) in [5.74, 6) is 1.57. The van der Waals surface area contributed by atoms with Crippen LogP contribution in [0.2, 0.25) is 0 Å². The van der Waals surface area contributed by atoms with Gasteiger partial charge in [0.2, 0.25) is 0 Å². The number of oxime groups is 1. The van der Waals surface area contributed by atoms with Crippen LogP contribution >= 0.6 is 36.4 Å². The monoisotopic (exact) mass is 696 g/mol. The van der Waals surface area contributed by atoms with Crippen molar-refractivity contribution in [3.8, 4) is 11.5 Å². The number of nitrogens with two attached hydrogens (primary N) is 1. The summed E-state index contributed by atoms with van der Waals surface area (Å²) in [6.45, 7) is 4.93. The first-order valence-corrected chi connectivity index (χ1v) is 15.6. The van der Waals surface area contributed by atoms with E-state index in [4.69, 9.17) is 32.0 Å². The van der Waals surface area contributed by atoms with Gasteiger partial charge in [0.15, 0.2) is 11.5 Å². The lowest BCUT2D eigenvalue weighted by Gasteiger charge is -2.30. The Morgan fingerprint density at radius 1 is 0.826 bits per heavy atom. The molecule has 3 aromatic rings. The van der Waals surface area contributed by atoms with Gasteiger partial charge in [0.1, 0.15) is 5.84 Å². The van der Waals surface area contributed by atoms with Crippen LogP contribution in [0.25, 0.3) is 0 Å². The van der Waals surface area contributed by atoms with Crippen LogP contribution < -0.4 is 15.2 Å². The number of ether oxygens (including phenoxy) is 2. The smallest absolute Gasteiger partial charge is 0.164 e. The maximum atomic E-state index is 10.9. The van der Waals surface area contributed by atoms with Gasteiger partial charge in [0, 0.05) is 63.6 Å². The second-order valence-electron chi connectivity index (χ2n) is 11.4. The minimum Gasteiger partial charge on any atom is -0.493 e. The zero-order chi connectivity index (χ0) is 31.5. The van der Waals surface area contributed by atoms with Gasteiger partial charge in [-0.2, -0.15) is 0 Å². The van der Waals surface area contributed by atoms with E-state index in [-0.39, 0.29) is 37.1 Å². The topological polar surface area (TPSA) is 124 Å². The number of aliphatic hydroxyl groups is 2. The number of rotatable bonds is 11. The van der Waals surface area contributed by atoms with Crippen LogP contribution in [0.4, 0.5) is 0 Å². The largest absolute Gasteiger partial charge is 0.493 e. The van der Waals surface area contributed by atoms with Crippen molar-refractivity contribution >= 4 is 42.3 Å². The molecule has 5 rings (SSSR count). The van der Waals surface area contributed by atoms with Crippen molar-refractivity contribution in [2.75, 3.05) is 46.3 Å². The fourth-order valence-electron chi connectivity index (χ4n) is 6.02. The third-order valence-corrected chi connectivity index (χ3v) is 8.58. The van der Waals surface area contributed by atoms with E-state index in [1.165, 1.54) is 22.3 Å². The fraction of sp³-hybridized carbons (Fsp3) is 0.441. The van der Waals surface area contributed by atoms with Gasteiger partial charge in [-0.25, -0.2) is 0 Å². The second kappa shape index (κ2) is 19.8. The summed E-state index contributed by atoms with van der Waals surface area (Å²) in [7, 11) is 3.15. The Balaban J connectivity index is 0.000000367. The van der Waals surface area contributed by atoms with Gasteiger partial charge in [0.05, 0.1) is 26.4 Å². The Labute approximate surface area is 289 Å². The Hall–Kier alpha value is -2.76. The summed E-state index contributed by atoms with van der Waals surface area (Å²) in [5, 5.41) is 32.4. The number of methoxy groups -OCH3 is 2. The molecule has 0 spiro atoms. The molecule has 254 valence electrons. The van der Waals surface area contributed by atoms with E-state index >= 15 is 0 Å². The number of hydrogen-bond donors (Lipinski definition) is 4. The molecule has 9 nitrogen and oxygen atoms in total. The molecule has 3 aromatic carbocycles. The molecule has 0 amide bonds. The van der Waals surface area contributed by atoms with Crippen LogP contribution in [-0.2, 0) is 38.8 Å². The highest BCUT2D eigenvalue weighted by Gasteiger charge is 2.23. The molecule has 0 aromatic heterocycles. The molecule has 0 aliphatic carbocycles. The second-order valence-corrected chi connectivity index (χ2v) is 11.7. The number of hydrogen-bond acceptors (Lipinski definition) is 8. The molecular weight excluding hydrogens is 651 g/mol. The Morgan fingerprint density at radius 3 is 1.83 bits per heavy atom. The maximum absolute atomic E-state index is 10.9. The molecule has 0 bridgehead atoms. The Kier molecular flexibility index (Phi) is 17.0. The van der Waals surface area contributed by atoms with Crippen molar-refractivity contribution < 1.29 is 24.9 Å². The van der Waals surface area contributed by atoms with E-state index in [1.807, 2.05) is 6.07 Å². The van der Waals surface area contributed by atoms with Crippen LogP contribution in [0.5, 0.6) is 11.5 Å². The lowest BCUT2D eigenvalue weighted by Crippen LogP contribution is -2.37. The molecule has 12 heteroatoms. The number of aliphatic hydroxyl groups excluding tert-OH is 2. The van der Waals surface area contributed by atoms with Gasteiger partial charge in [-0.3, -0.25) is 9.80 Å². The van der Waals surface area contributed by atoms with Gasteiger partial charge in [-0.15, -0.1) is 36.4 Å². The van der Waals surface area contributed by atoms with Crippen molar-refractivity contribution in [2.24, 2.45) is 10.9 Å². The minimum absolute atomic E-state index is 0. The molecule has 46 heavy (non-hydrogen) atoms. The zero-order valence-electron chi connectivity index (χ0n) is 26.5. The van der Waals surface area contributed by atoms with E-state index in [1.54, 1.807) is 20.3 Å². The van der Waals surface area contributed by atoms with E-state index in [0.29, 0.717) is 36.9 Å². The predicted octanol–water partition coefficient (Wildman–Crippen LogP) is 4.44. The number of nitrogens with zero attached hydrogens (tertiary/aromatic N) is 3. The van der Waals surface area contributed by atoms with Crippen LogP contribution in [0.3, 0.4) is 0 Å². The van der Waals surface area contributed by atoms with Crippen LogP contribution in [-0.4, -0.2) is 89.5 Å². The summed E-state index contributed by atoms with van der Waals surface area (Å²) < 4.78 is 11.0. The summed E-state index contributed by atoms with van der Waals surface area (Å²) in [6.07, 6.45) is 1.71. The number of halogens is 3. The Bertz CT molecular complexity index is 1400. The zero-order valence-corrected chi connectivity index (χ0v) is 28.9. The lowest BCUT2D eigenvalue weighted by atomic mass is 9.96. The summed E-state index contributed by atoms with van der Waals surface area (Å²) in [6, 6.07) is 20.6. The van der Waals surface area contributed by atoms with E-state index in [2.05, 4.69) is 63.5 Å². The van der Waals surface area contributed by atoms with Crippen molar-refractivity contribution in [3.63, 3.8) is 0 Å². The molecule has 5 N–H and O–H groups in total. The van der Waals surface area contributed by atoms with Crippen molar-refractivity contribution in [2.45, 2.75) is 51.0 Å². The predicted molar refractivity (Wildman–Crippen MR) is 188 cm³/mol. The van der Waals surface area contributed by atoms with Crippen molar-refractivity contribution in [1.82, 2.24) is 9.80 Å². The standard InChI is InChI=1S/C22H29N3O4.C12H16ClNO.2ClH/c1-28-20-8-7-16(11-21(23)24-27)19(22(20)29-2)12-18(26)14-25-10-9-15-5-3-4-6-17(15)13-25;13-7-12(15)9-14-6-5-10-3-1-2-4-11(10)8-14;;/h3-8,18,26-27H,9-14H2,1-2H3,(H2,23,24);1-4,12,15H,5-9H2;2*1H. The molecule has 2 aliphatic rings. The third-order valence-electron chi connectivity index (χ3n) is 8.22. The first kappa shape index (κ1) is 39.4. The maximum Gasteiger partial charge on any atom is 0.164 e. The number of alkyl halides is 1. The SMILES string of the molecule is COc1ccc(CC(N)=NO)c(CC(O)CN2CCc3ccccc3C2)c1OC.Cl.Cl.OC(CCl)CN1CCc2ccccc2C1. The van der Waals surface area contributed by atoms with Crippen molar-refractivity contribution in [1.29, 1.82) is 0 Å². The molecule has 2 heterocycles. The molecule has 0 fully saturated rings. The highest BCUT2D eigenvalue weighted by atomic mass is 35.5. The van der Waals surface area contributed by atoms with Crippen molar-refractivity contribution in [3.05, 3.63) is 94.0 Å². The number of amidine groups is 1. The molecule has 2 aliphatic heterocycles. The average Bonchev–Trinajstić information content (AvgIpc) is 3.05. The van der Waals surface area contributed by atoms with Gasteiger partial charge >= 0.3 is 0 Å². The van der Waals surface area contributed by atoms with Gasteiger partial charge in [-0.05, 0) is 46.7 Å². The normalized spacial score (nSPS) is 15.9. The van der Waals surface area contributed by atoms with Crippen LogP contribution in [0.15, 0.2) is 65.8 Å². The summed E-state index contributed by atoms with van der Waals surface area (Å²) in [4.78, 5) is 4.53. The van der Waals surface area contributed by atoms with Gasteiger partial charge in [-0.1, -0.05) is 59.8 Å². The van der Waals surface area contributed by atoms with E-state index in [0.717, 1.165) is 50.1 Å². The highest BCUT2D eigenvalue weighted by Crippen LogP contribution is 2.35. The highest BCUT2D eigenvalue weighted by molar-refractivity contribution is 6.18. The molecular formula is C34H47Cl3N4O5. The Morgan fingerprint density at radius 2 is 1.35 bits per heavy atom. The van der Waals surface area contributed by atoms with E-state index < -0.39 is 12.2 Å². The first-order valence-electron chi connectivity index (χ1n) is 15.0. The molecule has 0 saturated carbocycles. The van der Waals surface area contributed by atoms with Gasteiger partial charge < -0.3 is 30.6 Å². The number of benzene rings is 3. The fourth-order valence-corrected chi connectivity index (χ4v) is 6.11. The molecule has 0 radical (unpaired) electrons. The summed E-state index contributed by atoms with van der Waals surface area (Å²) in [5.41, 5.74) is 12.9. The molecule has 0 saturated heterocycles. The number of fused-ring (bicyclic) bond motifs is 2.